The highest BCUT2D eigenvalue weighted by atomic mass is 16.5. The predicted molar refractivity (Wildman–Crippen MR) is 175 cm³/mol. The number of carbonyl (C=O) groups is 2. The van der Waals surface area contributed by atoms with E-state index >= 15 is 0 Å². The van der Waals surface area contributed by atoms with Gasteiger partial charge >= 0.3 is 11.9 Å². The van der Waals surface area contributed by atoms with Crippen LogP contribution in [-0.2, 0) is 9.53 Å². The van der Waals surface area contributed by atoms with Crippen molar-refractivity contribution in [3.8, 4) is 11.5 Å². The fraction of sp³-hybridized carbons (Fsp3) is 0.632. The number of benzene rings is 2. The molecule has 0 bridgehead atoms. The third-order valence-electron chi connectivity index (χ3n) is 8.76. The van der Waals surface area contributed by atoms with E-state index in [9.17, 15) is 9.59 Å². The van der Waals surface area contributed by atoms with Crippen LogP contribution in [-0.4, -0.2) is 24.6 Å². The first-order valence-electron chi connectivity index (χ1n) is 17.3. The van der Waals surface area contributed by atoms with Crippen LogP contribution in [0.15, 0.2) is 48.5 Å². The molecule has 5 heteroatoms. The molecule has 1 atom stereocenters. The standard InChI is InChI=1S/C38H56O5/c1-4-6-8-10-11-12-13-15-29-41-35-25-21-32(22-26-35)31-17-19-33(20-18-31)38(40)43-36-27-23-34(24-28-36)37(39)42-30(3)16-14-9-7-5-2/h21-28,30-31,33H,4-20,29H2,1-3H3. The van der Waals surface area contributed by atoms with Crippen LogP contribution >= 0.6 is 0 Å². The van der Waals surface area contributed by atoms with E-state index < -0.39 is 0 Å². The molecule has 1 unspecified atom stereocenters. The molecule has 1 aliphatic carbocycles. The van der Waals surface area contributed by atoms with Gasteiger partial charge < -0.3 is 14.2 Å². The lowest BCUT2D eigenvalue weighted by molar-refractivity contribution is -0.140. The number of hydrogen-bond acceptors (Lipinski definition) is 5. The highest BCUT2D eigenvalue weighted by Gasteiger charge is 2.28. The summed E-state index contributed by atoms with van der Waals surface area (Å²) in [5.74, 6) is 1.27. The maximum absolute atomic E-state index is 12.9. The van der Waals surface area contributed by atoms with Crippen molar-refractivity contribution in [2.45, 2.75) is 142 Å². The second kappa shape index (κ2) is 20.2. The average molecular weight is 593 g/mol. The van der Waals surface area contributed by atoms with Gasteiger partial charge in [-0.05, 0) is 99.7 Å². The molecule has 3 rings (SSSR count). The lowest BCUT2D eigenvalue weighted by atomic mass is 9.79. The van der Waals surface area contributed by atoms with Gasteiger partial charge in [-0.3, -0.25) is 4.79 Å². The van der Waals surface area contributed by atoms with E-state index in [0.29, 0.717) is 17.2 Å². The highest BCUT2D eigenvalue weighted by Crippen LogP contribution is 2.37. The summed E-state index contributed by atoms with van der Waals surface area (Å²) in [6.45, 7) is 7.17. The molecule has 0 saturated heterocycles. The Morgan fingerprint density at radius 2 is 1.26 bits per heavy atom. The van der Waals surface area contributed by atoms with Crippen molar-refractivity contribution in [1.29, 1.82) is 0 Å². The SMILES string of the molecule is CCCCCCCCCCOc1ccc(C2CCC(C(=O)Oc3ccc(C(=O)OC(C)CCCCCC)cc3)CC2)cc1. The number of carbonyl (C=O) groups excluding carboxylic acids is 2. The van der Waals surface area contributed by atoms with Gasteiger partial charge in [-0.25, -0.2) is 4.79 Å². The molecule has 0 radical (unpaired) electrons. The predicted octanol–water partition coefficient (Wildman–Crippen LogP) is 10.6. The van der Waals surface area contributed by atoms with E-state index in [1.807, 2.05) is 6.92 Å². The zero-order valence-electron chi connectivity index (χ0n) is 27.1. The normalized spacial score (nSPS) is 17.3. The first kappa shape index (κ1) is 34.7. The molecule has 0 aliphatic heterocycles. The minimum Gasteiger partial charge on any atom is -0.494 e. The summed E-state index contributed by atoms with van der Waals surface area (Å²) in [5.41, 5.74) is 1.80. The van der Waals surface area contributed by atoms with Gasteiger partial charge in [0, 0.05) is 0 Å². The van der Waals surface area contributed by atoms with Crippen molar-refractivity contribution >= 4 is 11.9 Å². The average Bonchev–Trinajstić information content (AvgIpc) is 3.03. The Hall–Kier alpha value is -2.82. The Kier molecular flexibility index (Phi) is 16.3. The van der Waals surface area contributed by atoms with Gasteiger partial charge in [0.15, 0.2) is 0 Å². The quantitative estimate of drug-likeness (QED) is 0.0869. The Morgan fingerprint density at radius 1 is 0.698 bits per heavy atom. The maximum Gasteiger partial charge on any atom is 0.338 e. The summed E-state index contributed by atoms with van der Waals surface area (Å²) < 4.78 is 17.2. The van der Waals surface area contributed by atoms with Crippen LogP contribution in [0.2, 0.25) is 0 Å². The first-order chi connectivity index (χ1) is 21.0. The molecule has 0 N–H and O–H groups in total. The summed E-state index contributed by atoms with van der Waals surface area (Å²) in [6, 6.07) is 15.3. The minimum absolute atomic E-state index is 0.0938. The van der Waals surface area contributed by atoms with Gasteiger partial charge in [-0.1, -0.05) is 90.2 Å². The molecule has 1 saturated carbocycles. The van der Waals surface area contributed by atoms with E-state index in [-0.39, 0.29) is 24.0 Å². The van der Waals surface area contributed by atoms with Gasteiger partial charge in [-0.15, -0.1) is 0 Å². The van der Waals surface area contributed by atoms with E-state index in [1.165, 1.54) is 69.8 Å². The van der Waals surface area contributed by atoms with Crippen molar-refractivity contribution < 1.29 is 23.8 Å². The Labute approximate surface area is 261 Å². The molecule has 0 amide bonds. The number of ether oxygens (including phenoxy) is 3. The van der Waals surface area contributed by atoms with Gasteiger partial charge in [0.1, 0.15) is 11.5 Å². The molecule has 0 aromatic heterocycles. The Balaban J connectivity index is 1.32. The van der Waals surface area contributed by atoms with Crippen molar-refractivity contribution in [3.63, 3.8) is 0 Å². The van der Waals surface area contributed by atoms with Crippen molar-refractivity contribution in [3.05, 3.63) is 59.7 Å². The smallest absolute Gasteiger partial charge is 0.338 e. The van der Waals surface area contributed by atoms with Crippen LogP contribution in [0.25, 0.3) is 0 Å². The number of esters is 2. The second-order valence-electron chi connectivity index (χ2n) is 12.5. The molecule has 2 aromatic rings. The third kappa shape index (κ3) is 13.1. The maximum atomic E-state index is 12.9. The monoisotopic (exact) mass is 592 g/mol. The third-order valence-corrected chi connectivity index (χ3v) is 8.76. The number of rotatable bonds is 20. The van der Waals surface area contributed by atoms with Crippen LogP contribution < -0.4 is 9.47 Å². The summed E-state index contributed by atoms with van der Waals surface area (Å²) >= 11 is 0. The summed E-state index contributed by atoms with van der Waals surface area (Å²) in [5, 5.41) is 0. The van der Waals surface area contributed by atoms with Gasteiger partial charge in [0.05, 0.1) is 24.2 Å². The Morgan fingerprint density at radius 3 is 1.88 bits per heavy atom. The van der Waals surface area contributed by atoms with Crippen LogP contribution in [0, 0.1) is 5.92 Å². The van der Waals surface area contributed by atoms with Crippen LogP contribution in [0.1, 0.15) is 152 Å². The van der Waals surface area contributed by atoms with Crippen LogP contribution in [0.5, 0.6) is 11.5 Å². The molecule has 238 valence electrons. The Bertz CT molecular complexity index is 1040. The van der Waals surface area contributed by atoms with E-state index in [1.54, 1.807) is 24.3 Å². The van der Waals surface area contributed by atoms with Crippen LogP contribution in [0.3, 0.4) is 0 Å². The molecule has 2 aromatic carbocycles. The van der Waals surface area contributed by atoms with E-state index in [0.717, 1.165) is 57.3 Å². The largest absolute Gasteiger partial charge is 0.494 e. The van der Waals surface area contributed by atoms with Crippen molar-refractivity contribution in [1.82, 2.24) is 0 Å². The summed E-state index contributed by atoms with van der Waals surface area (Å²) in [4.78, 5) is 25.3. The fourth-order valence-corrected chi connectivity index (χ4v) is 5.95. The molecular weight excluding hydrogens is 536 g/mol. The molecule has 1 fully saturated rings. The summed E-state index contributed by atoms with van der Waals surface area (Å²) in [7, 11) is 0. The van der Waals surface area contributed by atoms with Crippen LogP contribution in [0.4, 0.5) is 0 Å². The minimum atomic E-state index is -0.331. The topological polar surface area (TPSA) is 61.8 Å². The first-order valence-corrected chi connectivity index (χ1v) is 17.3. The molecule has 43 heavy (non-hydrogen) atoms. The van der Waals surface area contributed by atoms with Gasteiger partial charge in [0.2, 0.25) is 0 Å². The lowest BCUT2D eigenvalue weighted by Gasteiger charge is -2.27. The van der Waals surface area contributed by atoms with E-state index in [4.69, 9.17) is 14.2 Å². The number of hydrogen-bond donors (Lipinski definition) is 0. The molecule has 1 aliphatic rings. The molecule has 5 nitrogen and oxygen atoms in total. The number of unbranched alkanes of at least 4 members (excludes halogenated alkanes) is 10. The van der Waals surface area contributed by atoms with Crippen molar-refractivity contribution in [2.24, 2.45) is 5.92 Å². The molecule has 0 heterocycles. The molecule has 0 spiro atoms. The van der Waals surface area contributed by atoms with E-state index in [2.05, 4.69) is 38.1 Å². The van der Waals surface area contributed by atoms with Crippen molar-refractivity contribution in [2.75, 3.05) is 6.61 Å². The molecular formula is C38H56O5. The summed E-state index contributed by atoms with van der Waals surface area (Å²) in [6.07, 6.45) is 19.4. The zero-order valence-corrected chi connectivity index (χ0v) is 27.1. The van der Waals surface area contributed by atoms with Gasteiger partial charge in [0.25, 0.3) is 0 Å². The highest BCUT2D eigenvalue weighted by molar-refractivity contribution is 5.89. The zero-order chi connectivity index (χ0) is 30.7. The second-order valence-corrected chi connectivity index (χ2v) is 12.5. The van der Waals surface area contributed by atoms with Gasteiger partial charge in [-0.2, -0.15) is 0 Å². The lowest BCUT2D eigenvalue weighted by Crippen LogP contribution is -2.25. The fourth-order valence-electron chi connectivity index (χ4n) is 5.95.